The third-order valence-electron chi connectivity index (χ3n) is 6.72. The zero-order valence-corrected chi connectivity index (χ0v) is 15.9. The first-order valence-corrected chi connectivity index (χ1v) is 10.0. The Hall–Kier alpha value is -1.96. The maximum absolute atomic E-state index is 12.8. The van der Waals surface area contributed by atoms with Crippen molar-refractivity contribution in [2.24, 2.45) is 5.73 Å². The molecule has 1 unspecified atom stereocenters. The number of benzene rings is 1. The molecular weight excluding hydrogens is 340 g/mol. The van der Waals surface area contributed by atoms with Crippen molar-refractivity contribution in [2.45, 2.75) is 50.2 Å². The lowest BCUT2D eigenvalue weighted by atomic mass is 9.65. The Kier molecular flexibility index (Phi) is 4.00. The molecule has 0 radical (unpaired) electrons. The SMILES string of the molecule is Cc1nc2ccc(NC(=O)CN3CCN4CCCC4C34CC(N)C4)cc2[nH]1. The zero-order chi connectivity index (χ0) is 18.6. The first-order chi connectivity index (χ1) is 13.0. The highest BCUT2D eigenvalue weighted by Crippen LogP contribution is 2.47. The number of nitrogens with two attached hydrogens (primary N) is 1. The summed E-state index contributed by atoms with van der Waals surface area (Å²) in [4.78, 5) is 25.5. The van der Waals surface area contributed by atoms with Crippen molar-refractivity contribution in [2.75, 3.05) is 31.5 Å². The summed E-state index contributed by atoms with van der Waals surface area (Å²) in [5.74, 6) is 0.933. The molecule has 1 aliphatic carbocycles. The number of nitrogens with zero attached hydrogens (tertiary/aromatic N) is 3. The molecule has 7 heteroatoms. The van der Waals surface area contributed by atoms with Gasteiger partial charge in [-0.15, -0.1) is 0 Å². The summed E-state index contributed by atoms with van der Waals surface area (Å²) >= 11 is 0. The third kappa shape index (κ3) is 2.85. The molecule has 2 aliphatic heterocycles. The van der Waals surface area contributed by atoms with E-state index in [9.17, 15) is 4.79 Å². The number of hydrogen-bond acceptors (Lipinski definition) is 5. The second kappa shape index (κ2) is 6.29. The van der Waals surface area contributed by atoms with Crippen LogP contribution in [-0.2, 0) is 4.79 Å². The fourth-order valence-corrected chi connectivity index (χ4v) is 5.59. The van der Waals surface area contributed by atoms with E-state index in [1.54, 1.807) is 0 Å². The Bertz CT molecular complexity index is 870. The van der Waals surface area contributed by atoms with Gasteiger partial charge in [0, 0.05) is 36.4 Å². The molecule has 3 aliphatic rings. The number of aromatic nitrogens is 2. The molecule has 2 saturated heterocycles. The molecule has 1 aromatic heterocycles. The van der Waals surface area contributed by atoms with Gasteiger partial charge in [-0.2, -0.15) is 0 Å². The largest absolute Gasteiger partial charge is 0.342 e. The van der Waals surface area contributed by atoms with Crippen molar-refractivity contribution in [1.82, 2.24) is 19.8 Å². The van der Waals surface area contributed by atoms with Crippen LogP contribution in [0.4, 0.5) is 5.69 Å². The Morgan fingerprint density at radius 2 is 2.22 bits per heavy atom. The van der Waals surface area contributed by atoms with E-state index < -0.39 is 0 Å². The van der Waals surface area contributed by atoms with Gasteiger partial charge in [0.25, 0.3) is 0 Å². The molecule has 5 rings (SSSR count). The molecule has 1 aromatic carbocycles. The van der Waals surface area contributed by atoms with Crippen LogP contribution in [-0.4, -0.2) is 69.5 Å². The number of rotatable bonds is 3. The highest BCUT2D eigenvalue weighted by Gasteiger charge is 2.57. The van der Waals surface area contributed by atoms with Gasteiger partial charge in [-0.3, -0.25) is 14.6 Å². The summed E-state index contributed by atoms with van der Waals surface area (Å²) in [7, 11) is 0. The molecule has 1 amide bonds. The Morgan fingerprint density at radius 3 is 3.04 bits per heavy atom. The normalized spacial score (nSPS) is 31.2. The number of carbonyl (C=O) groups is 1. The van der Waals surface area contributed by atoms with Crippen molar-refractivity contribution in [1.29, 1.82) is 0 Å². The predicted octanol–water partition coefficient (Wildman–Crippen LogP) is 1.45. The molecule has 1 atom stereocenters. The van der Waals surface area contributed by atoms with Crippen molar-refractivity contribution in [3.63, 3.8) is 0 Å². The number of hydrogen-bond donors (Lipinski definition) is 3. The number of imidazole rings is 1. The van der Waals surface area contributed by atoms with Crippen LogP contribution < -0.4 is 11.1 Å². The average Bonchev–Trinajstić information content (AvgIpc) is 3.21. The second-order valence-corrected chi connectivity index (χ2v) is 8.49. The van der Waals surface area contributed by atoms with E-state index in [2.05, 4.69) is 25.1 Å². The summed E-state index contributed by atoms with van der Waals surface area (Å²) in [5.41, 5.74) is 8.98. The Labute approximate surface area is 159 Å². The number of fused-ring (bicyclic) bond motifs is 3. The van der Waals surface area contributed by atoms with Gasteiger partial charge in [-0.1, -0.05) is 0 Å². The first kappa shape index (κ1) is 17.2. The summed E-state index contributed by atoms with van der Waals surface area (Å²) in [6.07, 6.45) is 4.54. The Balaban J connectivity index is 1.30. The third-order valence-corrected chi connectivity index (χ3v) is 6.72. The zero-order valence-electron chi connectivity index (χ0n) is 15.9. The summed E-state index contributed by atoms with van der Waals surface area (Å²) in [5, 5.41) is 3.07. The number of nitrogens with one attached hydrogen (secondary N) is 2. The van der Waals surface area contributed by atoms with Crippen molar-refractivity contribution in [3.05, 3.63) is 24.0 Å². The number of aryl methyl sites for hydroxylation is 1. The van der Waals surface area contributed by atoms with E-state index in [4.69, 9.17) is 5.73 Å². The molecule has 3 fully saturated rings. The minimum absolute atomic E-state index is 0.0527. The monoisotopic (exact) mass is 368 g/mol. The van der Waals surface area contributed by atoms with Gasteiger partial charge < -0.3 is 16.0 Å². The van der Waals surface area contributed by atoms with Crippen LogP contribution in [0.25, 0.3) is 11.0 Å². The van der Waals surface area contributed by atoms with Crippen molar-refractivity contribution >= 4 is 22.6 Å². The minimum Gasteiger partial charge on any atom is -0.342 e. The molecule has 27 heavy (non-hydrogen) atoms. The van der Waals surface area contributed by atoms with E-state index >= 15 is 0 Å². The first-order valence-electron chi connectivity index (χ1n) is 10.0. The molecule has 0 bridgehead atoms. The van der Waals surface area contributed by atoms with Gasteiger partial charge in [0.05, 0.1) is 17.6 Å². The fourth-order valence-electron chi connectivity index (χ4n) is 5.59. The van der Waals surface area contributed by atoms with E-state index in [1.807, 2.05) is 25.1 Å². The van der Waals surface area contributed by atoms with Crippen LogP contribution in [0.2, 0.25) is 0 Å². The molecule has 4 N–H and O–H groups in total. The number of anilines is 1. The maximum Gasteiger partial charge on any atom is 0.238 e. The van der Waals surface area contributed by atoms with Crippen LogP contribution in [0.1, 0.15) is 31.5 Å². The number of amides is 1. The minimum atomic E-state index is 0.0527. The van der Waals surface area contributed by atoms with Crippen LogP contribution in [0.5, 0.6) is 0 Å². The van der Waals surface area contributed by atoms with E-state index in [1.165, 1.54) is 19.4 Å². The van der Waals surface area contributed by atoms with Gasteiger partial charge in [-0.05, 0) is 57.4 Å². The highest BCUT2D eigenvalue weighted by molar-refractivity contribution is 5.94. The van der Waals surface area contributed by atoms with Gasteiger partial charge in [-0.25, -0.2) is 4.98 Å². The highest BCUT2D eigenvalue weighted by atomic mass is 16.2. The van der Waals surface area contributed by atoms with Gasteiger partial charge >= 0.3 is 0 Å². The number of piperazine rings is 1. The van der Waals surface area contributed by atoms with E-state index in [0.29, 0.717) is 12.6 Å². The van der Waals surface area contributed by atoms with Gasteiger partial charge in [0.1, 0.15) is 5.82 Å². The lowest BCUT2D eigenvalue weighted by molar-refractivity contribution is -0.128. The summed E-state index contributed by atoms with van der Waals surface area (Å²) < 4.78 is 0. The average molecular weight is 368 g/mol. The molecular formula is C20H28N6O. The number of carbonyl (C=O) groups excluding carboxylic acids is 1. The standard InChI is InChI=1S/C20H28N6O/c1-13-22-16-5-4-15(9-17(16)23-13)24-19(27)12-26-8-7-25-6-2-3-18(25)20(26)10-14(21)11-20/h4-5,9,14,18H,2-3,6-8,10-12,21H2,1H3,(H,22,23)(H,24,27). The summed E-state index contributed by atoms with van der Waals surface area (Å²) in [6, 6.07) is 6.67. The lowest BCUT2D eigenvalue weighted by Crippen LogP contribution is -2.74. The quantitative estimate of drug-likeness (QED) is 0.763. The molecule has 3 heterocycles. The second-order valence-electron chi connectivity index (χ2n) is 8.49. The smallest absolute Gasteiger partial charge is 0.238 e. The van der Waals surface area contributed by atoms with Crippen LogP contribution in [0.15, 0.2) is 18.2 Å². The van der Waals surface area contributed by atoms with Crippen LogP contribution in [0, 0.1) is 6.92 Å². The van der Waals surface area contributed by atoms with E-state index in [-0.39, 0.29) is 17.5 Å². The molecule has 2 aromatic rings. The van der Waals surface area contributed by atoms with Crippen LogP contribution >= 0.6 is 0 Å². The molecule has 1 saturated carbocycles. The van der Waals surface area contributed by atoms with E-state index in [0.717, 1.165) is 48.5 Å². The summed E-state index contributed by atoms with van der Waals surface area (Å²) in [6.45, 7) is 5.59. The number of H-pyrrole nitrogens is 1. The Morgan fingerprint density at radius 1 is 1.37 bits per heavy atom. The molecule has 7 nitrogen and oxygen atoms in total. The van der Waals surface area contributed by atoms with Crippen molar-refractivity contribution < 1.29 is 4.79 Å². The topological polar surface area (TPSA) is 90.3 Å². The van der Waals surface area contributed by atoms with Gasteiger partial charge in [0.15, 0.2) is 0 Å². The number of aromatic amines is 1. The van der Waals surface area contributed by atoms with Crippen LogP contribution in [0.3, 0.4) is 0 Å². The fraction of sp³-hybridized carbons (Fsp3) is 0.600. The maximum atomic E-state index is 12.8. The van der Waals surface area contributed by atoms with Crippen molar-refractivity contribution in [3.8, 4) is 0 Å². The molecule has 144 valence electrons. The lowest BCUT2D eigenvalue weighted by Gasteiger charge is -2.61. The molecule has 1 spiro atoms. The van der Waals surface area contributed by atoms with Gasteiger partial charge in [0.2, 0.25) is 5.91 Å². The predicted molar refractivity (Wildman–Crippen MR) is 106 cm³/mol.